The van der Waals surface area contributed by atoms with E-state index < -0.39 is 6.10 Å². The molecule has 0 aliphatic carbocycles. The van der Waals surface area contributed by atoms with Gasteiger partial charge in [0, 0.05) is 19.3 Å². The standard InChI is InChI=1S/C76H136O6/c1-4-7-10-13-16-18-20-22-24-26-28-30-32-33-34-35-36-37-38-39-40-41-42-43-45-46-48-50-52-54-56-58-60-63-66-69-75(78)81-72-73(71-80-74(77)68-65-62-15-12-9-6-3)82-76(79)70-67-64-61-59-57-55-53-51-49-47-44-31-29-27-25-23-21-19-17-14-11-8-5-2/h7,10,16,18,21-24,27-30,73H,4-6,8-9,11-15,17,19-20,25-26,31-72H2,1-3H3/b10-7-,18-16-,23-21-,24-22-,29-27-,30-28-. The summed E-state index contributed by atoms with van der Waals surface area (Å²) in [6.45, 7) is 6.51. The van der Waals surface area contributed by atoms with E-state index in [1.165, 1.54) is 244 Å². The fraction of sp³-hybridized carbons (Fsp3) is 0.803. The van der Waals surface area contributed by atoms with Crippen molar-refractivity contribution < 1.29 is 28.6 Å². The van der Waals surface area contributed by atoms with Crippen LogP contribution in [0.15, 0.2) is 72.9 Å². The SMILES string of the molecule is CC/C=C\C/C=C\C/C=C\C/C=C\CCCCCCCCCCCCCCCCCCCCCCCCC(=O)OCC(COC(=O)CCCCCCCC)OC(=O)CCCCCCCCCCCCC/C=C\C/C=C\CCCCCCC. The first-order chi connectivity index (χ1) is 40.5. The lowest BCUT2D eigenvalue weighted by atomic mass is 10.0. The zero-order valence-electron chi connectivity index (χ0n) is 54.8. The molecule has 0 rings (SSSR count). The average Bonchev–Trinajstić information content (AvgIpc) is 3.47. The van der Waals surface area contributed by atoms with Gasteiger partial charge in [0.1, 0.15) is 13.2 Å². The molecule has 1 unspecified atom stereocenters. The van der Waals surface area contributed by atoms with Crippen LogP contribution in [0.2, 0.25) is 0 Å². The number of carbonyl (C=O) groups excluding carboxylic acids is 3. The van der Waals surface area contributed by atoms with E-state index in [0.717, 1.165) is 89.9 Å². The minimum Gasteiger partial charge on any atom is -0.462 e. The van der Waals surface area contributed by atoms with Gasteiger partial charge in [-0.3, -0.25) is 14.4 Å². The molecular formula is C76H136O6. The van der Waals surface area contributed by atoms with Gasteiger partial charge in [-0.05, 0) is 89.9 Å². The molecule has 6 nitrogen and oxygen atoms in total. The number of ether oxygens (including phenoxy) is 3. The van der Waals surface area contributed by atoms with E-state index in [9.17, 15) is 14.4 Å². The van der Waals surface area contributed by atoms with Crippen molar-refractivity contribution in [1.29, 1.82) is 0 Å². The number of allylic oxidation sites excluding steroid dienone is 12. The van der Waals surface area contributed by atoms with Gasteiger partial charge in [0.15, 0.2) is 6.10 Å². The Kier molecular flexibility index (Phi) is 67.6. The molecule has 0 radical (unpaired) electrons. The number of rotatable bonds is 66. The van der Waals surface area contributed by atoms with E-state index >= 15 is 0 Å². The molecule has 1 atom stereocenters. The summed E-state index contributed by atoms with van der Waals surface area (Å²) in [7, 11) is 0. The molecule has 0 amide bonds. The van der Waals surface area contributed by atoms with Crippen molar-refractivity contribution in [2.75, 3.05) is 13.2 Å². The molecule has 476 valence electrons. The molecule has 82 heavy (non-hydrogen) atoms. The fourth-order valence-corrected chi connectivity index (χ4v) is 10.6. The first-order valence-corrected chi connectivity index (χ1v) is 35.9. The number of carbonyl (C=O) groups is 3. The van der Waals surface area contributed by atoms with Crippen LogP contribution in [0.3, 0.4) is 0 Å². The zero-order valence-corrected chi connectivity index (χ0v) is 54.8. The van der Waals surface area contributed by atoms with Crippen molar-refractivity contribution in [3.8, 4) is 0 Å². The Balaban J connectivity index is 3.94. The quantitative estimate of drug-likeness (QED) is 0.0261. The molecule has 0 fully saturated rings. The Morgan fingerprint density at radius 1 is 0.256 bits per heavy atom. The molecule has 0 bridgehead atoms. The Morgan fingerprint density at radius 2 is 0.476 bits per heavy atom. The summed E-state index contributed by atoms with van der Waals surface area (Å²) >= 11 is 0. The van der Waals surface area contributed by atoms with Gasteiger partial charge in [-0.25, -0.2) is 0 Å². The summed E-state index contributed by atoms with van der Waals surface area (Å²) in [5.74, 6) is -0.861. The van der Waals surface area contributed by atoms with Crippen molar-refractivity contribution >= 4 is 17.9 Å². The van der Waals surface area contributed by atoms with E-state index in [2.05, 4.69) is 93.7 Å². The molecule has 0 saturated carbocycles. The highest BCUT2D eigenvalue weighted by Crippen LogP contribution is 2.18. The third kappa shape index (κ3) is 67.6. The average molecular weight is 1150 g/mol. The van der Waals surface area contributed by atoms with Crippen LogP contribution in [0.25, 0.3) is 0 Å². The lowest BCUT2D eigenvalue weighted by Gasteiger charge is -2.18. The molecule has 0 aromatic carbocycles. The van der Waals surface area contributed by atoms with Gasteiger partial charge in [-0.2, -0.15) is 0 Å². The van der Waals surface area contributed by atoms with Gasteiger partial charge in [-0.1, -0.05) is 338 Å². The van der Waals surface area contributed by atoms with E-state index in [0.29, 0.717) is 19.3 Å². The molecule has 6 heteroatoms. The Labute approximate surface area is 510 Å². The summed E-state index contributed by atoms with van der Waals surface area (Å²) in [5.41, 5.74) is 0. The van der Waals surface area contributed by atoms with Gasteiger partial charge in [0.05, 0.1) is 0 Å². The molecule has 0 aliphatic heterocycles. The summed E-state index contributed by atoms with van der Waals surface area (Å²) in [6, 6.07) is 0. The second-order valence-corrected chi connectivity index (χ2v) is 24.1. The lowest BCUT2D eigenvalue weighted by molar-refractivity contribution is -0.167. The summed E-state index contributed by atoms with van der Waals surface area (Å²) in [5, 5.41) is 0. The highest BCUT2D eigenvalue weighted by Gasteiger charge is 2.19. The Hall–Kier alpha value is -3.15. The molecule has 0 spiro atoms. The monoisotopic (exact) mass is 1150 g/mol. The number of hydrogen-bond acceptors (Lipinski definition) is 6. The van der Waals surface area contributed by atoms with E-state index in [1.807, 2.05) is 0 Å². The fourth-order valence-electron chi connectivity index (χ4n) is 10.6. The highest BCUT2D eigenvalue weighted by atomic mass is 16.6. The third-order valence-electron chi connectivity index (χ3n) is 15.9. The molecule has 0 saturated heterocycles. The minimum atomic E-state index is -0.771. The van der Waals surface area contributed by atoms with Crippen LogP contribution >= 0.6 is 0 Å². The minimum absolute atomic E-state index is 0.0704. The summed E-state index contributed by atoms with van der Waals surface area (Å²) in [4.78, 5) is 38.1. The Bertz CT molecular complexity index is 1500. The second-order valence-electron chi connectivity index (χ2n) is 24.1. The lowest BCUT2D eigenvalue weighted by Crippen LogP contribution is -2.30. The van der Waals surface area contributed by atoms with E-state index in [1.54, 1.807) is 0 Å². The van der Waals surface area contributed by atoms with Crippen LogP contribution in [-0.4, -0.2) is 37.2 Å². The van der Waals surface area contributed by atoms with Crippen molar-refractivity contribution in [3.05, 3.63) is 72.9 Å². The first-order valence-electron chi connectivity index (χ1n) is 35.9. The van der Waals surface area contributed by atoms with Crippen molar-refractivity contribution in [1.82, 2.24) is 0 Å². The maximum Gasteiger partial charge on any atom is 0.306 e. The van der Waals surface area contributed by atoms with Crippen LogP contribution in [-0.2, 0) is 28.6 Å². The largest absolute Gasteiger partial charge is 0.462 e. The zero-order chi connectivity index (χ0) is 59.2. The molecule has 0 N–H and O–H groups in total. The van der Waals surface area contributed by atoms with Crippen molar-refractivity contribution in [2.45, 2.75) is 380 Å². The topological polar surface area (TPSA) is 78.9 Å². The maximum absolute atomic E-state index is 12.9. The van der Waals surface area contributed by atoms with E-state index in [-0.39, 0.29) is 31.1 Å². The van der Waals surface area contributed by atoms with Gasteiger partial charge >= 0.3 is 17.9 Å². The molecule has 0 aliphatic rings. The number of unbranched alkanes of at least 4 members (excludes halogenated alkanes) is 43. The van der Waals surface area contributed by atoms with Gasteiger partial charge in [-0.15, -0.1) is 0 Å². The molecular weight excluding hydrogens is 1010 g/mol. The number of esters is 3. The van der Waals surface area contributed by atoms with Crippen molar-refractivity contribution in [3.63, 3.8) is 0 Å². The van der Waals surface area contributed by atoms with Crippen LogP contribution in [0.4, 0.5) is 0 Å². The summed E-state index contributed by atoms with van der Waals surface area (Å²) in [6.07, 6.45) is 92.7. The molecule has 0 aromatic heterocycles. The van der Waals surface area contributed by atoms with Gasteiger partial charge < -0.3 is 14.2 Å². The Morgan fingerprint density at radius 3 is 0.744 bits per heavy atom. The van der Waals surface area contributed by atoms with E-state index in [4.69, 9.17) is 14.2 Å². The normalized spacial score (nSPS) is 12.5. The van der Waals surface area contributed by atoms with Gasteiger partial charge in [0.25, 0.3) is 0 Å². The van der Waals surface area contributed by atoms with Crippen molar-refractivity contribution in [2.24, 2.45) is 0 Å². The van der Waals surface area contributed by atoms with Crippen LogP contribution < -0.4 is 0 Å². The van der Waals surface area contributed by atoms with Crippen LogP contribution in [0.5, 0.6) is 0 Å². The smallest absolute Gasteiger partial charge is 0.306 e. The third-order valence-corrected chi connectivity index (χ3v) is 15.9. The summed E-state index contributed by atoms with van der Waals surface area (Å²) < 4.78 is 16.9. The second kappa shape index (κ2) is 70.3. The highest BCUT2D eigenvalue weighted by molar-refractivity contribution is 5.71. The predicted molar refractivity (Wildman–Crippen MR) is 358 cm³/mol. The molecule has 0 aromatic rings. The first kappa shape index (κ1) is 78.8. The number of hydrogen-bond donors (Lipinski definition) is 0. The maximum atomic E-state index is 12.9. The van der Waals surface area contributed by atoms with Crippen LogP contribution in [0, 0.1) is 0 Å². The predicted octanol–water partition coefficient (Wildman–Crippen LogP) is 24.8. The van der Waals surface area contributed by atoms with Gasteiger partial charge in [0.2, 0.25) is 0 Å². The van der Waals surface area contributed by atoms with Crippen LogP contribution in [0.1, 0.15) is 374 Å². The molecule has 0 heterocycles.